The van der Waals surface area contributed by atoms with Gasteiger partial charge in [0.25, 0.3) is 5.91 Å². The average Bonchev–Trinajstić information content (AvgIpc) is 2.87. The van der Waals surface area contributed by atoms with Crippen molar-refractivity contribution in [1.29, 1.82) is 0 Å². The summed E-state index contributed by atoms with van der Waals surface area (Å²) in [6, 6.07) is 7.52. The van der Waals surface area contributed by atoms with Gasteiger partial charge >= 0.3 is 5.97 Å². The highest BCUT2D eigenvalue weighted by molar-refractivity contribution is 7.97. The molecule has 0 bridgehead atoms. The van der Waals surface area contributed by atoms with Crippen molar-refractivity contribution in [2.45, 2.75) is 5.75 Å². The Morgan fingerprint density at radius 1 is 1.33 bits per heavy atom. The molecule has 0 aliphatic carbocycles. The summed E-state index contributed by atoms with van der Waals surface area (Å²) in [6.45, 7) is 0. The molecule has 0 aliphatic rings. The number of carbonyl (C=O) groups is 2. The van der Waals surface area contributed by atoms with E-state index in [1.54, 1.807) is 23.9 Å². The Hall–Kier alpha value is -1.92. The Morgan fingerprint density at radius 3 is 2.71 bits per heavy atom. The lowest BCUT2D eigenvalue weighted by Gasteiger charge is -2.05. The van der Waals surface area contributed by atoms with Crippen molar-refractivity contribution in [2.24, 2.45) is 0 Å². The molecule has 1 heterocycles. The predicted molar refractivity (Wildman–Crippen MR) is 82.3 cm³/mol. The molecule has 1 aromatic heterocycles. The zero-order chi connectivity index (χ0) is 15.4. The first-order chi connectivity index (χ1) is 10.0. The maximum Gasteiger partial charge on any atom is 0.337 e. The molecule has 2 rings (SSSR count). The largest absolute Gasteiger partial charge is 0.478 e. The van der Waals surface area contributed by atoms with Crippen molar-refractivity contribution in [1.82, 2.24) is 0 Å². The van der Waals surface area contributed by atoms with Crippen molar-refractivity contribution in [3.05, 3.63) is 52.4 Å². The van der Waals surface area contributed by atoms with Gasteiger partial charge in [0.15, 0.2) is 5.76 Å². The molecule has 7 heteroatoms. The number of carbonyl (C=O) groups excluding carboxylic acids is 1. The minimum atomic E-state index is -1.12. The van der Waals surface area contributed by atoms with Crippen LogP contribution < -0.4 is 5.32 Å². The first-order valence-electron chi connectivity index (χ1n) is 5.93. The predicted octanol–water partition coefficient (Wildman–Crippen LogP) is 3.75. The fourth-order valence-electron chi connectivity index (χ4n) is 1.68. The number of carboxylic acid groups (broad SMARTS) is 1. The van der Waals surface area contributed by atoms with Crippen molar-refractivity contribution < 1.29 is 19.1 Å². The van der Waals surface area contributed by atoms with Gasteiger partial charge in [-0.25, -0.2) is 4.79 Å². The Bertz CT molecular complexity index is 683. The van der Waals surface area contributed by atoms with E-state index in [4.69, 9.17) is 21.1 Å². The molecule has 5 nitrogen and oxygen atoms in total. The molecule has 0 saturated carbocycles. The lowest BCUT2D eigenvalue weighted by Crippen LogP contribution is -2.11. The molecule has 110 valence electrons. The van der Waals surface area contributed by atoms with E-state index < -0.39 is 11.9 Å². The monoisotopic (exact) mass is 325 g/mol. The maximum absolute atomic E-state index is 12.0. The van der Waals surface area contributed by atoms with E-state index >= 15 is 0 Å². The number of carboxylic acids is 1. The smallest absolute Gasteiger partial charge is 0.337 e. The molecule has 0 unspecified atom stereocenters. The third kappa shape index (κ3) is 3.80. The fraction of sp³-hybridized carbons (Fsp3) is 0.143. The number of benzene rings is 1. The third-order valence-corrected chi connectivity index (χ3v) is 3.52. The second-order valence-corrected chi connectivity index (χ2v) is 5.43. The molecule has 0 aliphatic heterocycles. The topological polar surface area (TPSA) is 79.5 Å². The number of anilines is 1. The molecule has 0 fully saturated rings. The van der Waals surface area contributed by atoms with Crippen molar-refractivity contribution in [3.8, 4) is 0 Å². The van der Waals surface area contributed by atoms with Crippen LogP contribution in [0.2, 0.25) is 5.02 Å². The average molecular weight is 326 g/mol. The van der Waals surface area contributed by atoms with Gasteiger partial charge in [0, 0.05) is 5.69 Å². The van der Waals surface area contributed by atoms with Crippen LogP contribution in [0.1, 0.15) is 26.7 Å². The van der Waals surface area contributed by atoms with Crippen LogP contribution in [0.25, 0.3) is 0 Å². The quantitative estimate of drug-likeness (QED) is 0.875. The number of amides is 1. The van der Waals surface area contributed by atoms with Crippen LogP contribution in [0.3, 0.4) is 0 Å². The summed E-state index contributed by atoms with van der Waals surface area (Å²) >= 11 is 7.43. The van der Waals surface area contributed by atoms with E-state index in [0.29, 0.717) is 17.2 Å². The Balaban J connectivity index is 2.11. The summed E-state index contributed by atoms with van der Waals surface area (Å²) in [4.78, 5) is 22.8. The zero-order valence-electron chi connectivity index (χ0n) is 11.1. The van der Waals surface area contributed by atoms with Gasteiger partial charge in [0.2, 0.25) is 0 Å². The number of hydrogen-bond donors (Lipinski definition) is 2. The van der Waals surface area contributed by atoms with E-state index in [1.807, 2.05) is 6.26 Å². The summed E-state index contributed by atoms with van der Waals surface area (Å²) in [5, 5.41) is 11.5. The number of aromatic carboxylic acids is 1. The van der Waals surface area contributed by atoms with Crippen LogP contribution in [0.4, 0.5) is 5.69 Å². The van der Waals surface area contributed by atoms with Gasteiger partial charge in [-0.3, -0.25) is 4.79 Å². The molecular formula is C14H12ClNO4S. The number of thioether (sulfide) groups is 1. The van der Waals surface area contributed by atoms with Gasteiger partial charge in [0.05, 0.1) is 16.3 Å². The van der Waals surface area contributed by atoms with Gasteiger partial charge in [0.1, 0.15) is 5.76 Å². The first-order valence-corrected chi connectivity index (χ1v) is 7.70. The van der Waals surface area contributed by atoms with Gasteiger partial charge in [-0.2, -0.15) is 11.8 Å². The summed E-state index contributed by atoms with van der Waals surface area (Å²) in [7, 11) is 0. The van der Waals surface area contributed by atoms with Crippen molar-refractivity contribution in [2.75, 3.05) is 11.6 Å². The second-order valence-electron chi connectivity index (χ2n) is 4.15. The van der Waals surface area contributed by atoms with E-state index in [9.17, 15) is 9.59 Å². The normalized spacial score (nSPS) is 10.4. The summed E-state index contributed by atoms with van der Waals surface area (Å²) in [5.74, 6) is 0.0587. The number of halogens is 1. The number of hydrogen-bond acceptors (Lipinski definition) is 4. The third-order valence-electron chi connectivity index (χ3n) is 2.63. The lowest BCUT2D eigenvalue weighted by molar-refractivity contribution is 0.0697. The molecule has 2 N–H and O–H groups in total. The minimum absolute atomic E-state index is 0.0186. The first kappa shape index (κ1) is 15.5. The minimum Gasteiger partial charge on any atom is -0.478 e. The van der Waals surface area contributed by atoms with E-state index in [-0.39, 0.29) is 16.3 Å². The van der Waals surface area contributed by atoms with Crippen molar-refractivity contribution in [3.63, 3.8) is 0 Å². The molecule has 0 radical (unpaired) electrons. The van der Waals surface area contributed by atoms with E-state index in [2.05, 4.69) is 5.32 Å². The van der Waals surface area contributed by atoms with Gasteiger partial charge in [-0.05, 0) is 36.6 Å². The molecule has 0 atom stereocenters. The maximum atomic E-state index is 12.0. The Kier molecular flexibility index (Phi) is 4.93. The van der Waals surface area contributed by atoms with Crippen molar-refractivity contribution >= 4 is 40.9 Å². The molecule has 1 aromatic carbocycles. The van der Waals surface area contributed by atoms with Crippen LogP contribution in [-0.2, 0) is 5.75 Å². The van der Waals surface area contributed by atoms with Crippen LogP contribution in [-0.4, -0.2) is 23.2 Å². The van der Waals surface area contributed by atoms with Gasteiger partial charge in [-0.15, -0.1) is 0 Å². The summed E-state index contributed by atoms with van der Waals surface area (Å²) in [6.07, 6.45) is 1.94. The molecule has 2 aromatic rings. The molecule has 1 amide bonds. The van der Waals surface area contributed by atoms with Crippen LogP contribution in [0, 0.1) is 0 Å². The number of nitrogens with one attached hydrogen (secondary N) is 1. The highest BCUT2D eigenvalue weighted by atomic mass is 35.5. The Labute approximate surface area is 130 Å². The van der Waals surface area contributed by atoms with E-state index in [0.717, 1.165) is 0 Å². The van der Waals surface area contributed by atoms with Gasteiger partial charge in [-0.1, -0.05) is 11.6 Å². The zero-order valence-corrected chi connectivity index (χ0v) is 12.6. The molecule has 0 saturated heterocycles. The highest BCUT2D eigenvalue weighted by Gasteiger charge is 2.13. The SMILES string of the molecule is CSCc1ccc(C(=O)Nc2ccc(C(=O)O)c(Cl)c2)o1. The highest BCUT2D eigenvalue weighted by Crippen LogP contribution is 2.22. The van der Waals surface area contributed by atoms with Gasteiger partial charge < -0.3 is 14.8 Å². The van der Waals surface area contributed by atoms with Crippen LogP contribution in [0.15, 0.2) is 34.7 Å². The molecule has 0 spiro atoms. The van der Waals surface area contributed by atoms with Crippen LogP contribution in [0.5, 0.6) is 0 Å². The second kappa shape index (κ2) is 6.69. The van der Waals surface area contributed by atoms with E-state index in [1.165, 1.54) is 18.2 Å². The standard InChI is InChI=1S/C14H12ClNO4S/c1-21-7-9-3-5-12(20-9)13(17)16-8-2-4-10(14(18)19)11(15)6-8/h2-6H,7H2,1H3,(H,16,17)(H,18,19). The molecule has 21 heavy (non-hydrogen) atoms. The lowest BCUT2D eigenvalue weighted by atomic mass is 10.2. The number of rotatable bonds is 5. The van der Waals surface area contributed by atoms with Crippen LogP contribution >= 0.6 is 23.4 Å². The Morgan fingerprint density at radius 2 is 2.10 bits per heavy atom. The number of furan rings is 1. The molecular weight excluding hydrogens is 314 g/mol. The fourth-order valence-corrected chi connectivity index (χ4v) is 2.38. The summed E-state index contributed by atoms with van der Waals surface area (Å²) in [5.41, 5.74) is 0.382. The summed E-state index contributed by atoms with van der Waals surface area (Å²) < 4.78 is 5.39.